The summed E-state index contributed by atoms with van der Waals surface area (Å²) >= 11 is 6.53. The molecular formula is C22H19ClF4N4. The first-order valence-electron chi connectivity index (χ1n) is 9.54. The number of amidine groups is 1. The van der Waals surface area contributed by atoms with Crippen LogP contribution in [-0.4, -0.2) is 27.5 Å². The van der Waals surface area contributed by atoms with Gasteiger partial charge in [0.2, 0.25) is 0 Å². The number of fused-ring (bicyclic) bond motifs is 1. The number of nitrogens with zero attached hydrogens (tertiary/aromatic N) is 4. The highest BCUT2D eigenvalue weighted by Gasteiger charge is 2.46. The lowest BCUT2D eigenvalue weighted by molar-refractivity contribution is -0.143. The van der Waals surface area contributed by atoms with Gasteiger partial charge in [-0.15, -0.1) is 0 Å². The molecule has 1 aromatic heterocycles. The molecule has 1 aromatic carbocycles. The van der Waals surface area contributed by atoms with Crippen molar-refractivity contribution in [2.24, 2.45) is 23.0 Å². The monoisotopic (exact) mass is 450 g/mol. The largest absolute Gasteiger partial charge is 0.400 e. The molecule has 0 N–H and O–H groups in total. The summed E-state index contributed by atoms with van der Waals surface area (Å²) in [6.07, 6.45) is -2.22. The molecule has 4 rings (SSSR count). The zero-order chi connectivity index (χ0) is 22.7. The van der Waals surface area contributed by atoms with E-state index >= 15 is 0 Å². The molecule has 0 bridgehead atoms. The smallest absolute Gasteiger partial charge is 0.263 e. The van der Waals surface area contributed by atoms with Crippen LogP contribution in [0, 0.1) is 11.7 Å². The second kappa shape index (κ2) is 7.15. The summed E-state index contributed by atoms with van der Waals surface area (Å²) in [5.41, 5.74) is 0.523. The van der Waals surface area contributed by atoms with Crippen LogP contribution in [0.3, 0.4) is 0 Å². The fraction of sp³-hybridized carbons (Fsp3) is 0.318. The molecule has 0 fully saturated rings. The van der Waals surface area contributed by atoms with E-state index in [-0.39, 0.29) is 33.8 Å². The maximum Gasteiger partial charge on any atom is 0.400 e. The number of allylic oxidation sites excluding steroid dienone is 4. The Morgan fingerprint density at radius 3 is 2.32 bits per heavy atom. The van der Waals surface area contributed by atoms with Gasteiger partial charge >= 0.3 is 6.18 Å². The Hall–Kier alpha value is -2.74. The highest BCUT2D eigenvalue weighted by Crippen LogP contribution is 2.41. The molecule has 0 saturated carbocycles. The maximum absolute atomic E-state index is 14.3. The molecule has 1 aliphatic carbocycles. The molecular weight excluding hydrogens is 432 g/mol. The van der Waals surface area contributed by atoms with Crippen molar-refractivity contribution in [1.82, 2.24) is 9.78 Å². The third-order valence-electron chi connectivity index (χ3n) is 5.10. The maximum atomic E-state index is 14.3. The predicted molar refractivity (Wildman–Crippen MR) is 113 cm³/mol. The summed E-state index contributed by atoms with van der Waals surface area (Å²) in [6, 6.07) is 5.68. The number of halogens is 5. The lowest BCUT2D eigenvalue weighted by Crippen LogP contribution is -2.31. The number of hydrogen-bond acceptors (Lipinski definition) is 3. The van der Waals surface area contributed by atoms with Crippen LogP contribution in [-0.2, 0) is 12.5 Å². The van der Waals surface area contributed by atoms with E-state index in [1.165, 1.54) is 29.0 Å². The molecule has 2 heterocycles. The Kier molecular flexibility index (Phi) is 4.96. The number of aliphatic imine (C=N–C) groups is 2. The van der Waals surface area contributed by atoms with Crippen LogP contribution < -0.4 is 0 Å². The van der Waals surface area contributed by atoms with Crippen LogP contribution in [0.1, 0.15) is 37.7 Å². The van der Waals surface area contributed by atoms with Gasteiger partial charge < -0.3 is 0 Å². The molecule has 2 aliphatic rings. The van der Waals surface area contributed by atoms with E-state index in [1.54, 1.807) is 13.1 Å². The number of aryl methyl sites for hydroxylation is 1. The molecule has 0 spiro atoms. The Labute approximate surface area is 181 Å². The molecule has 0 radical (unpaired) electrons. The first-order chi connectivity index (χ1) is 14.4. The lowest BCUT2D eigenvalue weighted by atomic mass is 9.88. The van der Waals surface area contributed by atoms with Gasteiger partial charge in [0.15, 0.2) is 5.84 Å². The zero-order valence-corrected chi connectivity index (χ0v) is 18.0. The van der Waals surface area contributed by atoms with E-state index in [0.29, 0.717) is 16.4 Å². The second-order valence-electron chi connectivity index (χ2n) is 8.47. The van der Waals surface area contributed by atoms with Gasteiger partial charge in [-0.2, -0.15) is 18.3 Å². The summed E-state index contributed by atoms with van der Waals surface area (Å²) in [5.74, 6) is -2.58. The summed E-state index contributed by atoms with van der Waals surface area (Å²) < 4.78 is 57.4. The van der Waals surface area contributed by atoms with Crippen molar-refractivity contribution in [1.29, 1.82) is 0 Å². The Morgan fingerprint density at radius 1 is 1.06 bits per heavy atom. The molecule has 1 aliphatic heterocycles. The zero-order valence-electron chi connectivity index (χ0n) is 17.2. The van der Waals surface area contributed by atoms with Gasteiger partial charge in [-0.1, -0.05) is 56.6 Å². The fourth-order valence-corrected chi connectivity index (χ4v) is 4.12. The number of hydrogen-bond donors (Lipinski definition) is 0. The average Bonchev–Trinajstić information content (AvgIpc) is 3.20. The van der Waals surface area contributed by atoms with Crippen molar-refractivity contribution in [2.45, 2.75) is 32.4 Å². The van der Waals surface area contributed by atoms with Gasteiger partial charge in [0.1, 0.15) is 17.4 Å². The van der Waals surface area contributed by atoms with E-state index in [9.17, 15) is 17.6 Å². The predicted octanol–water partition coefficient (Wildman–Crippen LogP) is 5.87. The van der Waals surface area contributed by atoms with Crippen LogP contribution in [0.15, 0.2) is 52.1 Å². The van der Waals surface area contributed by atoms with Gasteiger partial charge in [0, 0.05) is 18.0 Å². The summed E-state index contributed by atoms with van der Waals surface area (Å²) in [6.45, 7) is 5.79. The normalized spacial score (nSPS) is 18.9. The summed E-state index contributed by atoms with van der Waals surface area (Å²) in [5, 5.41) is 4.71. The first-order valence-corrected chi connectivity index (χ1v) is 9.92. The number of rotatable bonds is 2. The molecule has 0 saturated heterocycles. The van der Waals surface area contributed by atoms with Gasteiger partial charge in [0.25, 0.3) is 0 Å². The Bertz CT molecular complexity index is 1190. The quantitative estimate of drug-likeness (QED) is 0.527. The molecule has 162 valence electrons. The van der Waals surface area contributed by atoms with Crippen molar-refractivity contribution in [3.8, 4) is 0 Å². The van der Waals surface area contributed by atoms with E-state index in [4.69, 9.17) is 11.6 Å². The van der Waals surface area contributed by atoms with E-state index < -0.39 is 17.9 Å². The van der Waals surface area contributed by atoms with Gasteiger partial charge in [0.05, 0.1) is 22.1 Å². The number of aromatic nitrogens is 2. The van der Waals surface area contributed by atoms with E-state index in [2.05, 4.69) is 15.1 Å². The minimum atomic E-state index is -4.62. The van der Waals surface area contributed by atoms with Crippen molar-refractivity contribution < 1.29 is 17.6 Å². The topological polar surface area (TPSA) is 42.5 Å². The van der Waals surface area contributed by atoms with Crippen LogP contribution in [0.2, 0.25) is 5.02 Å². The van der Waals surface area contributed by atoms with Gasteiger partial charge in [-0.3, -0.25) is 4.68 Å². The van der Waals surface area contributed by atoms with Gasteiger partial charge in [-0.25, -0.2) is 14.4 Å². The van der Waals surface area contributed by atoms with Crippen LogP contribution in [0.5, 0.6) is 0 Å². The van der Waals surface area contributed by atoms with E-state index in [0.717, 1.165) is 6.08 Å². The molecule has 9 heteroatoms. The summed E-state index contributed by atoms with van der Waals surface area (Å²) in [7, 11) is 1.64. The lowest BCUT2D eigenvalue weighted by Gasteiger charge is -2.22. The molecule has 4 nitrogen and oxygen atoms in total. The highest BCUT2D eigenvalue weighted by atomic mass is 35.5. The fourth-order valence-electron chi connectivity index (χ4n) is 3.60. The highest BCUT2D eigenvalue weighted by molar-refractivity contribution is 6.35. The SMILES string of the molecule is Cn1nc(C(C)(C)C)c(Cl)c1C1=NC2=CC(c3ccccc3F)=CC(C(F)(F)F)C2=N1. The molecule has 2 aromatic rings. The van der Waals surface area contributed by atoms with Gasteiger partial charge in [-0.05, 0) is 17.7 Å². The van der Waals surface area contributed by atoms with Crippen molar-refractivity contribution in [3.05, 3.63) is 69.9 Å². The van der Waals surface area contributed by atoms with Crippen molar-refractivity contribution in [2.75, 3.05) is 0 Å². The van der Waals surface area contributed by atoms with Crippen molar-refractivity contribution >= 4 is 28.7 Å². The molecule has 31 heavy (non-hydrogen) atoms. The molecule has 0 amide bonds. The first kappa shape index (κ1) is 21.5. The molecule has 1 unspecified atom stereocenters. The average molecular weight is 451 g/mol. The van der Waals surface area contributed by atoms with Crippen LogP contribution in [0.4, 0.5) is 17.6 Å². The van der Waals surface area contributed by atoms with E-state index in [1.807, 2.05) is 20.8 Å². The number of alkyl halides is 3. The standard InChI is InChI=1S/C22H19ClF4N4/c1-21(2,3)19-16(23)18(31(4)30-19)20-28-15-10-11(12-7-5-6-8-14(12)24)9-13(17(15)29-20)22(25,26)27/h5-10,13H,1-4H3. The third kappa shape index (κ3) is 3.73. The number of benzene rings is 1. The van der Waals surface area contributed by atoms with Crippen LogP contribution in [0.25, 0.3) is 5.57 Å². The van der Waals surface area contributed by atoms with Crippen LogP contribution >= 0.6 is 11.6 Å². The summed E-state index contributed by atoms with van der Waals surface area (Å²) in [4.78, 5) is 8.52. The Balaban J connectivity index is 1.86. The third-order valence-corrected chi connectivity index (χ3v) is 5.46. The Morgan fingerprint density at radius 2 is 1.74 bits per heavy atom. The second-order valence-corrected chi connectivity index (χ2v) is 8.85. The van der Waals surface area contributed by atoms with Crippen molar-refractivity contribution in [3.63, 3.8) is 0 Å². The molecule has 1 atom stereocenters. The minimum Gasteiger partial charge on any atom is -0.263 e. The minimum absolute atomic E-state index is 0.0349.